The van der Waals surface area contributed by atoms with Crippen molar-refractivity contribution in [1.29, 1.82) is 0 Å². The number of quaternary nitrogens is 2. The highest BCUT2D eigenvalue weighted by Crippen LogP contribution is 2.28. The van der Waals surface area contributed by atoms with E-state index >= 15 is 0 Å². The van der Waals surface area contributed by atoms with Gasteiger partial charge in [0.05, 0.1) is 39.3 Å². The van der Waals surface area contributed by atoms with Crippen LogP contribution in [0.5, 0.6) is 0 Å². The van der Waals surface area contributed by atoms with Crippen LogP contribution in [0, 0.1) is 0 Å². The van der Waals surface area contributed by atoms with Gasteiger partial charge in [0.15, 0.2) is 0 Å². The Morgan fingerprint density at radius 3 is 0.895 bits per heavy atom. The highest BCUT2D eigenvalue weighted by atomic mass is 15.4. The number of nitrogens with zero attached hydrogens (tertiary/aromatic N) is 2. The van der Waals surface area contributed by atoms with E-state index in [9.17, 15) is 0 Å². The first-order valence-corrected chi connectivity index (χ1v) is 16.5. The summed E-state index contributed by atoms with van der Waals surface area (Å²) in [6.07, 6.45) is 18.8. The van der Waals surface area contributed by atoms with E-state index < -0.39 is 0 Å². The van der Waals surface area contributed by atoms with Crippen LogP contribution in [0.1, 0.15) is 118 Å². The van der Waals surface area contributed by atoms with E-state index in [1.165, 1.54) is 138 Å². The molecule has 0 aromatic heterocycles. The van der Waals surface area contributed by atoms with Gasteiger partial charge in [0.2, 0.25) is 0 Å². The molecule has 0 radical (unpaired) electrons. The van der Waals surface area contributed by atoms with Gasteiger partial charge in [-0.2, -0.15) is 0 Å². The predicted molar refractivity (Wildman–Crippen MR) is 173 cm³/mol. The maximum absolute atomic E-state index is 2.39. The number of unbranched alkanes of at least 4 members (excludes halogenated alkanes) is 9. The molecule has 0 heterocycles. The summed E-state index contributed by atoms with van der Waals surface area (Å²) in [6, 6.07) is 22.9. The summed E-state index contributed by atoms with van der Waals surface area (Å²) in [7, 11) is 0. The third kappa shape index (κ3) is 10.9. The van der Waals surface area contributed by atoms with Crippen molar-refractivity contribution < 1.29 is 0 Å². The lowest BCUT2D eigenvalue weighted by Crippen LogP contribution is -2.51. The normalized spacial score (nSPS) is 12.2. The zero-order chi connectivity index (χ0) is 27.4. The molecule has 0 saturated carbocycles. The first kappa shape index (κ1) is 32.6. The Hall–Kier alpha value is -1.64. The molecule has 0 aliphatic carbocycles. The van der Waals surface area contributed by atoms with Crippen molar-refractivity contribution in [3.63, 3.8) is 0 Å². The zero-order valence-corrected chi connectivity index (χ0v) is 25.8. The second-order valence-corrected chi connectivity index (χ2v) is 11.8. The molecule has 0 bridgehead atoms. The molecule has 2 aromatic rings. The van der Waals surface area contributed by atoms with Crippen molar-refractivity contribution in [2.24, 2.45) is 0 Å². The molecule has 0 saturated heterocycles. The molecule has 2 heteroatoms. The number of hydrogen-bond donors (Lipinski definition) is 0. The predicted octanol–water partition coefficient (Wildman–Crippen LogP) is 10.5. The molecule has 2 rings (SSSR count). The van der Waals surface area contributed by atoms with Crippen molar-refractivity contribution in [1.82, 2.24) is 8.97 Å². The maximum Gasteiger partial charge on any atom is 0.132 e. The molecule has 0 aliphatic rings. The molecule has 0 atom stereocenters. The maximum atomic E-state index is 2.39. The van der Waals surface area contributed by atoms with Crippen LogP contribution in [-0.4, -0.2) is 39.3 Å². The van der Waals surface area contributed by atoms with E-state index in [-0.39, 0.29) is 0 Å². The van der Waals surface area contributed by atoms with E-state index in [0.29, 0.717) is 0 Å². The summed E-state index contributed by atoms with van der Waals surface area (Å²) in [5.74, 6) is 0. The number of rotatable bonds is 23. The monoisotopic (exact) mass is 522 g/mol. The van der Waals surface area contributed by atoms with Gasteiger partial charge in [-0.15, -0.1) is 0 Å². The van der Waals surface area contributed by atoms with Crippen LogP contribution in [0.15, 0.2) is 60.7 Å². The molecular weight excluding hydrogens is 460 g/mol. The molecule has 38 heavy (non-hydrogen) atoms. The lowest BCUT2D eigenvalue weighted by Gasteiger charge is -2.39. The zero-order valence-electron chi connectivity index (χ0n) is 25.8. The van der Waals surface area contributed by atoms with Gasteiger partial charge < -0.3 is 0 Å². The Balaban J connectivity index is 1.88. The molecule has 0 N–H and O–H groups in total. The Morgan fingerprint density at radius 2 is 0.605 bits per heavy atom. The van der Waals surface area contributed by atoms with Gasteiger partial charge in [-0.25, -0.2) is 0 Å². The van der Waals surface area contributed by atoms with Gasteiger partial charge in [0.25, 0.3) is 0 Å². The van der Waals surface area contributed by atoms with Crippen LogP contribution in [0.25, 0.3) is 0 Å². The van der Waals surface area contributed by atoms with Crippen molar-refractivity contribution in [3.05, 3.63) is 60.7 Å². The summed E-state index contributed by atoms with van der Waals surface area (Å²) in [4.78, 5) is 0. The number of para-hydroxylation sites is 2. The second kappa shape index (κ2) is 19.4. The lowest BCUT2D eigenvalue weighted by atomic mass is 10.1. The van der Waals surface area contributed by atoms with Gasteiger partial charge in [-0.05, 0) is 75.6 Å². The highest BCUT2D eigenvalue weighted by Gasteiger charge is 2.30. The van der Waals surface area contributed by atoms with E-state index in [1.807, 2.05) is 0 Å². The number of hydrogen-bond acceptors (Lipinski definition) is 0. The fourth-order valence-electron chi connectivity index (χ4n) is 6.31. The third-order valence-electron chi connectivity index (χ3n) is 8.79. The third-order valence-corrected chi connectivity index (χ3v) is 8.79. The Morgan fingerprint density at radius 1 is 0.342 bits per heavy atom. The van der Waals surface area contributed by atoms with Crippen LogP contribution < -0.4 is 8.97 Å². The summed E-state index contributed by atoms with van der Waals surface area (Å²) in [5, 5.41) is 0. The van der Waals surface area contributed by atoms with Crippen molar-refractivity contribution >= 4 is 11.4 Å². The summed E-state index contributed by atoms with van der Waals surface area (Å²) >= 11 is 0. The molecule has 0 fully saturated rings. The van der Waals surface area contributed by atoms with Crippen LogP contribution in [-0.2, 0) is 0 Å². The minimum Gasteiger partial charge on any atom is -0.291 e. The first-order chi connectivity index (χ1) is 18.7. The molecule has 0 amide bonds. The fraction of sp³-hybridized carbons (Fsp3) is 0.667. The molecule has 0 aliphatic heterocycles. The van der Waals surface area contributed by atoms with E-state index in [4.69, 9.17) is 0 Å². The number of benzene rings is 2. The minimum absolute atomic E-state index is 1.20. The van der Waals surface area contributed by atoms with E-state index in [1.54, 1.807) is 11.4 Å². The van der Waals surface area contributed by atoms with Crippen LogP contribution in [0.3, 0.4) is 0 Å². The summed E-state index contributed by atoms with van der Waals surface area (Å²) in [6.45, 7) is 17.2. The Kier molecular flexibility index (Phi) is 16.6. The average molecular weight is 523 g/mol. The molecule has 214 valence electrons. The van der Waals surface area contributed by atoms with Crippen molar-refractivity contribution in [2.45, 2.75) is 118 Å². The largest absolute Gasteiger partial charge is 0.291 e. The second-order valence-electron chi connectivity index (χ2n) is 11.8. The van der Waals surface area contributed by atoms with Crippen LogP contribution in [0.4, 0.5) is 11.4 Å². The molecular formula is C36H62N2+2. The van der Waals surface area contributed by atoms with Crippen molar-refractivity contribution in [3.8, 4) is 0 Å². The van der Waals surface area contributed by atoms with E-state index in [2.05, 4.69) is 88.4 Å². The van der Waals surface area contributed by atoms with Gasteiger partial charge >= 0.3 is 0 Å². The quantitative estimate of drug-likeness (QED) is 0.101. The van der Waals surface area contributed by atoms with Gasteiger partial charge in [0.1, 0.15) is 11.4 Å². The standard InChI is InChI=1S/C36H62N2/c1-5-9-29-37(30-10-6-2,35-25-19-17-20-26-35)33-23-15-13-14-16-24-34-38(31-11-7-3,32-12-8-4)36-27-21-18-22-28-36/h17-22,25-28H,5-16,23-24,29-34H2,1-4H3/q+2. The fourth-order valence-corrected chi connectivity index (χ4v) is 6.31. The molecule has 0 spiro atoms. The lowest BCUT2D eigenvalue weighted by molar-refractivity contribution is 0.253. The smallest absolute Gasteiger partial charge is 0.132 e. The topological polar surface area (TPSA) is 0 Å². The van der Waals surface area contributed by atoms with Crippen LogP contribution in [0.2, 0.25) is 0 Å². The molecule has 0 unspecified atom stereocenters. The van der Waals surface area contributed by atoms with Crippen molar-refractivity contribution in [2.75, 3.05) is 39.3 Å². The van der Waals surface area contributed by atoms with Gasteiger partial charge in [-0.1, -0.05) is 103 Å². The van der Waals surface area contributed by atoms with Crippen LogP contribution >= 0.6 is 0 Å². The Bertz CT molecular complexity index is 715. The first-order valence-electron chi connectivity index (χ1n) is 16.5. The SMILES string of the molecule is CCCC[N+](CCCC)(CCCCCCCC[N+](CCCC)(CCCC)c1ccccc1)c1ccccc1. The van der Waals surface area contributed by atoms with Gasteiger partial charge in [-0.3, -0.25) is 8.97 Å². The summed E-state index contributed by atoms with van der Waals surface area (Å²) < 4.78 is 2.41. The Labute approximate surface area is 237 Å². The molecule has 2 nitrogen and oxygen atoms in total. The summed E-state index contributed by atoms with van der Waals surface area (Å²) in [5.41, 5.74) is 3.09. The van der Waals surface area contributed by atoms with Gasteiger partial charge in [0, 0.05) is 0 Å². The minimum atomic E-state index is 1.20. The molecule has 2 aromatic carbocycles. The highest BCUT2D eigenvalue weighted by molar-refractivity contribution is 5.43. The average Bonchev–Trinajstić information content (AvgIpc) is 2.97. The van der Waals surface area contributed by atoms with E-state index in [0.717, 1.165) is 0 Å².